The van der Waals surface area contributed by atoms with Crippen molar-refractivity contribution in [2.45, 2.75) is 32.7 Å². The molecule has 0 radical (unpaired) electrons. The van der Waals surface area contributed by atoms with Crippen molar-refractivity contribution in [3.05, 3.63) is 35.2 Å². The van der Waals surface area contributed by atoms with Crippen LogP contribution in [0.2, 0.25) is 0 Å². The lowest BCUT2D eigenvalue weighted by Crippen LogP contribution is -2.03. The molecule has 0 amide bonds. The third-order valence-electron chi connectivity index (χ3n) is 3.30. The lowest BCUT2D eigenvalue weighted by Gasteiger charge is -2.04. The minimum atomic E-state index is 0.644. The number of thiazole rings is 1. The fraction of sp³-hybridized carbons (Fsp3) is 0.357. The maximum atomic E-state index is 5.64. The molecule has 0 saturated carbocycles. The summed E-state index contributed by atoms with van der Waals surface area (Å²) in [4.78, 5) is 13.4. The molecule has 2 N–H and O–H groups in total. The van der Waals surface area contributed by atoms with Crippen LogP contribution in [0.5, 0.6) is 0 Å². The molecule has 20 heavy (non-hydrogen) atoms. The first-order valence-corrected chi connectivity index (χ1v) is 7.66. The van der Waals surface area contributed by atoms with Crippen LogP contribution < -0.4 is 5.73 Å². The molecule has 3 heterocycles. The Hall–Kier alpha value is -1.95. The second-order valence-electron chi connectivity index (χ2n) is 4.65. The number of fused-ring (bicyclic) bond motifs is 1. The fourth-order valence-electron chi connectivity index (χ4n) is 2.39. The zero-order valence-electron chi connectivity index (χ0n) is 11.4. The van der Waals surface area contributed by atoms with Crippen LogP contribution in [0.3, 0.4) is 0 Å². The Kier molecular flexibility index (Phi) is 3.64. The van der Waals surface area contributed by atoms with Crippen molar-refractivity contribution in [3.8, 4) is 0 Å². The molecule has 0 aromatic carbocycles. The van der Waals surface area contributed by atoms with Crippen LogP contribution in [0.4, 0.5) is 5.13 Å². The SMILES string of the molecule is CCn1c(CCCc2csc(N)n2)nc2cccnc21. The smallest absolute Gasteiger partial charge is 0.180 e. The normalized spacial score (nSPS) is 11.2. The molecule has 0 bridgehead atoms. The maximum Gasteiger partial charge on any atom is 0.180 e. The summed E-state index contributed by atoms with van der Waals surface area (Å²) in [6.45, 7) is 3.02. The van der Waals surface area contributed by atoms with Gasteiger partial charge < -0.3 is 10.3 Å². The molecule has 0 fully saturated rings. The van der Waals surface area contributed by atoms with E-state index < -0.39 is 0 Å². The van der Waals surface area contributed by atoms with Crippen molar-refractivity contribution in [2.75, 3.05) is 5.73 Å². The van der Waals surface area contributed by atoms with E-state index in [9.17, 15) is 0 Å². The number of nitrogens with two attached hydrogens (primary N) is 1. The first kappa shape index (κ1) is 13.1. The van der Waals surface area contributed by atoms with Gasteiger partial charge in [0.2, 0.25) is 0 Å². The molecular formula is C14H17N5S. The minimum Gasteiger partial charge on any atom is -0.375 e. The number of pyridine rings is 1. The average Bonchev–Trinajstić information content (AvgIpc) is 3.02. The summed E-state index contributed by atoms with van der Waals surface area (Å²) in [5.41, 5.74) is 8.66. The molecule has 0 aliphatic heterocycles. The highest BCUT2D eigenvalue weighted by molar-refractivity contribution is 7.13. The molecule has 3 aromatic rings. The van der Waals surface area contributed by atoms with Gasteiger partial charge in [-0.2, -0.15) is 0 Å². The van der Waals surface area contributed by atoms with E-state index in [2.05, 4.69) is 26.4 Å². The summed E-state index contributed by atoms with van der Waals surface area (Å²) in [6, 6.07) is 3.94. The van der Waals surface area contributed by atoms with Crippen molar-refractivity contribution in [1.82, 2.24) is 19.5 Å². The summed E-state index contributed by atoms with van der Waals surface area (Å²) in [5, 5.41) is 2.67. The number of anilines is 1. The van der Waals surface area contributed by atoms with Crippen LogP contribution in [0.1, 0.15) is 24.9 Å². The van der Waals surface area contributed by atoms with E-state index in [4.69, 9.17) is 5.73 Å². The van der Waals surface area contributed by atoms with Gasteiger partial charge in [-0.15, -0.1) is 11.3 Å². The molecule has 6 heteroatoms. The van der Waals surface area contributed by atoms with Gasteiger partial charge in [-0.3, -0.25) is 0 Å². The van der Waals surface area contributed by atoms with E-state index in [0.717, 1.165) is 48.5 Å². The highest BCUT2D eigenvalue weighted by Gasteiger charge is 2.10. The minimum absolute atomic E-state index is 0.644. The summed E-state index contributed by atoms with van der Waals surface area (Å²) in [7, 11) is 0. The Balaban J connectivity index is 1.73. The Labute approximate surface area is 121 Å². The van der Waals surface area contributed by atoms with Crippen LogP contribution in [-0.2, 0) is 19.4 Å². The number of hydrogen-bond donors (Lipinski definition) is 1. The van der Waals surface area contributed by atoms with Crippen LogP contribution in [0.25, 0.3) is 11.2 Å². The average molecular weight is 287 g/mol. The summed E-state index contributed by atoms with van der Waals surface area (Å²) >= 11 is 1.50. The van der Waals surface area contributed by atoms with Gasteiger partial charge >= 0.3 is 0 Å². The predicted molar refractivity (Wildman–Crippen MR) is 81.8 cm³/mol. The van der Waals surface area contributed by atoms with Crippen molar-refractivity contribution in [2.24, 2.45) is 0 Å². The molecular weight excluding hydrogens is 270 g/mol. The van der Waals surface area contributed by atoms with Crippen molar-refractivity contribution in [1.29, 1.82) is 0 Å². The number of imidazole rings is 1. The lowest BCUT2D eigenvalue weighted by molar-refractivity contribution is 0.675. The number of aromatic nitrogens is 4. The molecule has 0 unspecified atom stereocenters. The summed E-state index contributed by atoms with van der Waals surface area (Å²) < 4.78 is 2.19. The first-order valence-electron chi connectivity index (χ1n) is 6.78. The standard InChI is InChI=1S/C14H17N5S/c1-2-19-12(18-11-6-4-8-16-13(11)19)7-3-5-10-9-20-14(15)17-10/h4,6,8-9H,2-3,5,7H2,1H3,(H2,15,17). The van der Waals surface area contributed by atoms with Gasteiger partial charge in [-0.1, -0.05) is 0 Å². The fourth-order valence-corrected chi connectivity index (χ4v) is 2.99. The van der Waals surface area contributed by atoms with Crippen molar-refractivity contribution in [3.63, 3.8) is 0 Å². The molecule has 0 aliphatic rings. The second kappa shape index (κ2) is 5.58. The van der Waals surface area contributed by atoms with E-state index in [0.29, 0.717) is 5.13 Å². The number of nitrogen functional groups attached to an aromatic ring is 1. The quantitative estimate of drug-likeness (QED) is 0.783. The third-order valence-corrected chi connectivity index (χ3v) is 4.02. The van der Waals surface area contributed by atoms with Crippen molar-refractivity contribution >= 4 is 27.6 Å². The number of hydrogen-bond acceptors (Lipinski definition) is 5. The topological polar surface area (TPSA) is 69.6 Å². The highest BCUT2D eigenvalue weighted by atomic mass is 32.1. The Morgan fingerprint density at radius 3 is 2.95 bits per heavy atom. The Morgan fingerprint density at radius 2 is 2.20 bits per heavy atom. The number of aryl methyl sites for hydroxylation is 3. The second-order valence-corrected chi connectivity index (χ2v) is 5.54. The molecule has 0 aliphatic carbocycles. The molecule has 3 aromatic heterocycles. The monoisotopic (exact) mass is 287 g/mol. The number of nitrogens with zero attached hydrogens (tertiary/aromatic N) is 4. The summed E-state index contributed by atoms with van der Waals surface area (Å²) in [6.07, 6.45) is 4.71. The van der Waals surface area contributed by atoms with Gasteiger partial charge in [0.25, 0.3) is 0 Å². The van der Waals surface area contributed by atoms with Crippen LogP contribution in [0, 0.1) is 0 Å². The van der Waals surface area contributed by atoms with E-state index >= 15 is 0 Å². The van der Waals surface area contributed by atoms with E-state index in [-0.39, 0.29) is 0 Å². The van der Waals surface area contributed by atoms with Gasteiger partial charge in [-0.05, 0) is 31.9 Å². The molecule has 0 spiro atoms. The molecule has 0 saturated heterocycles. The summed E-state index contributed by atoms with van der Waals surface area (Å²) in [5.74, 6) is 1.10. The van der Waals surface area contributed by atoms with Gasteiger partial charge in [0.05, 0.1) is 5.69 Å². The van der Waals surface area contributed by atoms with Gasteiger partial charge in [0.15, 0.2) is 10.8 Å². The zero-order chi connectivity index (χ0) is 13.9. The van der Waals surface area contributed by atoms with Crippen LogP contribution in [-0.4, -0.2) is 19.5 Å². The molecule has 3 rings (SSSR count). The predicted octanol–water partition coefficient (Wildman–Crippen LogP) is 2.67. The van der Waals surface area contributed by atoms with E-state index in [1.165, 1.54) is 11.3 Å². The lowest BCUT2D eigenvalue weighted by atomic mass is 10.2. The third kappa shape index (κ3) is 2.51. The largest absolute Gasteiger partial charge is 0.375 e. The maximum absolute atomic E-state index is 5.64. The Bertz CT molecular complexity index is 715. The van der Waals surface area contributed by atoms with Crippen molar-refractivity contribution < 1.29 is 0 Å². The highest BCUT2D eigenvalue weighted by Crippen LogP contribution is 2.17. The van der Waals surface area contributed by atoms with E-state index in [1.807, 2.05) is 23.7 Å². The van der Waals surface area contributed by atoms with Crippen LogP contribution in [0.15, 0.2) is 23.7 Å². The van der Waals surface area contributed by atoms with Gasteiger partial charge in [0, 0.05) is 24.5 Å². The molecule has 104 valence electrons. The van der Waals surface area contributed by atoms with Gasteiger partial charge in [-0.25, -0.2) is 15.0 Å². The number of rotatable bonds is 5. The first-order chi connectivity index (χ1) is 9.78. The van der Waals surface area contributed by atoms with Gasteiger partial charge in [0.1, 0.15) is 11.3 Å². The Morgan fingerprint density at radius 1 is 1.30 bits per heavy atom. The molecule has 0 atom stereocenters. The van der Waals surface area contributed by atoms with Crippen LogP contribution >= 0.6 is 11.3 Å². The van der Waals surface area contributed by atoms with E-state index in [1.54, 1.807) is 0 Å². The zero-order valence-corrected chi connectivity index (χ0v) is 12.2. The molecule has 5 nitrogen and oxygen atoms in total.